The Labute approximate surface area is 90.0 Å². The number of oxime groups is 1. The second kappa shape index (κ2) is 6.03. The predicted octanol–water partition coefficient (Wildman–Crippen LogP) is 1.25. The Bertz CT molecular complexity index is 311. The van der Waals surface area contributed by atoms with E-state index in [2.05, 4.69) is 22.2 Å². The van der Waals surface area contributed by atoms with Gasteiger partial charge in [0.15, 0.2) is 0 Å². The summed E-state index contributed by atoms with van der Waals surface area (Å²) in [5, 5.41) is 11.3. The summed E-state index contributed by atoms with van der Waals surface area (Å²) in [5.74, 6) is 0.273. The minimum atomic E-state index is 0.273. The SMILES string of the molecule is CN(CC/C(N)=N/O)Cc1ccccc1. The Morgan fingerprint density at radius 2 is 2.07 bits per heavy atom. The van der Waals surface area contributed by atoms with Gasteiger partial charge in [-0.15, -0.1) is 0 Å². The lowest BCUT2D eigenvalue weighted by molar-refractivity contribution is 0.309. The van der Waals surface area contributed by atoms with E-state index >= 15 is 0 Å². The number of nitrogens with zero attached hydrogens (tertiary/aromatic N) is 2. The fraction of sp³-hybridized carbons (Fsp3) is 0.364. The molecule has 4 nitrogen and oxygen atoms in total. The number of hydrogen-bond acceptors (Lipinski definition) is 3. The van der Waals surface area contributed by atoms with Gasteiger partial charge >= 0.3 is 0 Å². The standard InChI is InChI=1S/C11H17N3O/c1-14(8-7-11(12)13-15)9-10-5-3-2-4-6-10/h2-6,15H,7-9H2,1H3,(H2,12,13). The molecule has 0 unspecified atom stereocenters. The van der Waals surface area contributed by atoms with Crippen molar-refractivity contribution in [3.05, 3.63) is 35.9 Å². The molecular formula is C11H17N3O. The van der Waals surface area contributed by atoms with E-state index in [0.717, 1.165) is 13.1 Å². The maximum absolute atomic E-state index is 8.38. The number of rotatable bonds is 5. The van der Waals surface area contributed by atoms with Gasteiger partial charge in [-0.05, 0) is 12.6 Å². The third kappa shape index (κ3) is 4.46. The summed E-state index contributed by atoms with van der Waals surface area (Å²) in [7, 11) is 2.01. The molecule has 3 N–H and O–H groups in total. The predicted molar refractivity (Wildman–Crippen MR) is 60.8 cm³/mol. The molecule has 1 rings (SSSR count). The zero-order chi connectivity index (χ0) is 11.1. The first-order chi connectivity index (χ1) is 7.22. The zero-order valence-electron chi connectivity index (χ0n) is 8.93. The van der Waals surface area contributed by atoms with Crippen LogP contribution in [0.25, 0.3) is 0 Å². The molecule has 0 radical (unpaired) electrons. The molecule has 0 aliphatic heterocycles. The number of amidine groups is 1. The summed E-state index contributed by atoms with van der Waals surface area (Å²) in [5.41, 5.74) is 6.65. The van der Waals surface area contributed by atoms with Gasteiger partial charge < -0.3 is 15.8 Å². The first kappa shape index (κ1) is 11.5. The van der Waals surface area contributed by atoms with Crippen LogP contribution in [0.5, 0.6) is 0 Å². The molecule has 0 fully saturated rings. The number of nitrogens with two attached hydrogens (primary N) is 1. The van der Waals surface area contributed by atoms with Gasteiger partial charge in [-0.25, -0.2) is 0 Å². The van der Waals surface area contributed by atoms with Crippen LogP contribution in [-0.2, 0) is 6.54 Å². The first-order valence-electron chi connectivity index (χ1n) is 4.91. The quantitative estimate of drug-likeness (QED) is 0.330. The molecule has 15 heavy (non-hydrogen) atoms. The third-order valence-electron chi connectivity index (χ3n) is 2.17. The average Bonchev–Trinajstić information content (AvgIpc) is 2.27. The van der Waals surface area contributed by atoms with Crippen molar-refractivity contribution in [3.63, 3.8) is 0 Å². The molecule has 0 aliphatic rings. The Kier molecular flexibility index (Phi) is 4.63. The third-order valence-corrected chi connectivity index (χ3v) is 2.17. The normalized spacial score (nSPS) is 12.0. The molecular weight excluding hydrogens is 190 g/mol. The summed E-state index contributed by atoms with van der Waals surface area (Å²) in [4.78, 5) is 2.13. The molecule has 82 valence electrons. The molecule has 0 amide bonds. The smallest absolute Gasteiger partial charge is 0.140 e. The van der Waals surface area contributed by atoms with Crippen molar-refractivity contribution in [1.82, 2.24) is 4.90 Å². The molecule has 0 heterocycles. The summed E-state index contributed by atoms with van der Waals surface area (Å²) < 4.78 is 0. The second-order valence-electron chi connectivity index (χ2n) is 3.56. The van der Waals surface area contributed by atoms with E-state index in [0.29, 0.717) is 6.42 Å². The lowest BCUT2D eigenvalue weighted by atomic mass is 10.2. The molecule has 1 aromatic rings. The average molecular weight is 207 g/mol. The maximum Gasteiger partial charge on any atom is 0.140 e. The van der Waals surface area contributed by atoms with E-state index in [-0.39, 0.29) is 5.84 Å². The maximum atomic E-state index is 8.38. The van der Waals surface area contributed by atoms with Gasteiger partial charge in [0.05, 0.1) is 0 Å². The van der Waals surface area contributed by atoms with Crippen molar-refractivity contribution in [1.29, 1.82) is 0 Å². The molecule has 1 aromatic carbocycles. The zero-order valence-corrected chi connectivity index (χ0v) is 8.93. The van der Waals surface area contributed by atoms with Crippen molar-refractivity contribution >= 4 is 5.84 Å². The minimum absolute atomic E-state index is 0.273. The molecule has 0 saturated heterocycles. The van der Waals surface area contributed by atoms with Crippen molar-refractivity contribution < 1.29 is 5.21 Å². The van der Waals surface area contributed by atoms with Gasteiger partial charge in [-0.1, -0.05) is 35.5 Å². The van der Waals surface area contributed by atoms with Gasteiger partial charge in [-0.2, -0.15) is 0 Å². The lowest BCUT2D eigenvalue weighted by Crippen LogP contribution is -2.24. The number of hydrogen-bond donors (Lipinski definition) is 2. The Hall–Kier alpha value is -1.55. The summed E-state index contributed by atoms with van der Waals surface area (Å²) in [6, 6.07) is 10.2. The van der Waals surface area contributed by atoms with Crippen LogP contribution in [0.1, 0.15) is 12.0 Å². The largest absolute Gasteiger partial charge is 0.409 e. The Morgan fingerprint density at radius 1 is 1.40 bits per heavy atom. The highest BCUT2D eigenvalue weighted by Crippen LogP contribution is 2.02. The fourth-order valence-electron chi connectivity index (χ4n) is 1.33. The molecule has 0 bridgehead atoms. The topological polar surface area (TPSA) is 61.8 Å². The Morgan fingerprint density at radius 3 is 2.67 bits per heavy atom. The van der Waals surface area contributed by atoms with Crippen LogP contribution in [-0.4, -0.2) is 29.5 Å². The van der Waals surface area contributed by atoms with Crippen LogP contribution in [0, 0.1) is 0 Å². The van der Waals surface area contributed by atoms with Gasteiger partial charge in [0.25, 0.3) is 0 Å². The van der Waals surface area contributed by atoms with Crippen LogP contribution in [0.3, 0.4) is 0 Å². The Balaban J connectivity index is 2.33. The summed E-state index contributed by atoms with van der Waals surface area (Å²) in [6.45, 7) is 1.66. The van der Waals surface area contributed by atoms with Gasteiger partial charge in [0, 0.05) is 19.5 Å². The van der Waals surface area contributed by atoms with E-state index in [4.69, 9.17) is 10.9 Å². The van der Waals surface area contributed by atoms with Crippen molar-refractivity contribution in [3.8, 4) is 0 Å². The van der Waals surface area contributed by atoms with Crippen LogP contribution in [0.4, 0.5) is 0 Å². The van der Waals surface area contributed by atoms with Crippen LogP contribution in [0.2, 0.25) is 0 Å². The first-order valence-corrected chi connectivity index (χ1v) is 4.91. The van der Waals surface area contributed by atoms with Gasteiger partial charge in [0.1, 0.15) is 5.84 Å². The monoisotopic (exact) mass is 207 g/mol. The molecule has 0 spiro atoms. The van der Waals surface area contributed by atoms with Gasteiger partial charge in [0.2, 0.25) is 0 Å². The molecule has 0 atom stereocenters. The van der Waals surface area contributed by atoms with Gasteiger partial charge in [-0.3, -0.25) is 0 Å². The molecule has 4 heteroatoms. The van der Waals surface area contributed by atoms with Crippen LogP contribution >= 0.6 is 0 Å². The summed E-state index contributed by atoms with van der Waals surface area (Å²) >= 11 is 0. The van der Waals surface area contributed by atoms with E-state index in [1.165, 1.54) is 5.56 Å². The van der Waals surface area contributed by atoms with E-state index in [1.807, 2.05) is 25.2 Å². The van der Waals surface area contributed by atoms with E-state index in [1.54, 1.807) is 0 Å². The molecule has 0 aliphatic carbocycles. The van der Waals surface area contributed by atoms with Crippen molar-refractivity contribution in [2.24, 2.45) is 10.9 Å². The minimum Gasteiger partial charge on any atom is -0.409 e. The number of benzene rings is 1. The highest BCUT2D eigenvalue weighted by Gasteiger charge is 2.01. The highest BCUT2D eigenvalue weighted by atomic mass is 16.4. The highest BCUT2D eigenvalue weighted by molar-refractivity contribution is 5.79. The summed E-state index contributed by atoms with van der Waals surface area (Å²) in [6.07, 6.45) is 0.583. The van der Waals surface area contributed by atoms with Crippen molar-refractivity contribution in [2.45, 2.75) is 13.0 Å². The fourth-order valence-corrected chi connectivity index (χ4v) is 1.33. The van der Waals surface area contributed by atoms with E-state index < -0.39 is 0 Å². The second-order valence-corrected chi connectivity index (χ2v) is 3.56. The van der Waals surface area contributed by atoms with Crippen LogP contribution < -0.4 is 5.73 Å². The lowest BCUT2D eigenvalue weighted by Gasteiger charge is -2.15. The van der Waals surface area contributed by atoms with Crippen molar-refractivity contribution in [2.75, 3.05) is 13.6 Å². The van der Waals surface area contributed by atoms with E-state index in [9.17, 15) is 0 Å². The van der Waals surface area contributed by atoms with Crippen LogP contribution in [0.15, 0.2) is 35.5 Å². The molecule has 0 aromatic heterocycles. The molecule has 0 saturated carbocycles.